The van der Waals surface area contributed by atoms with Crippen molar-refractivity contribution in [3.8, 4) is 0 Å². The van der Waals surface area contributed by atoms with Crippen LogP contribution in [0.3, 0.4) is 0 Å². The summed E-state index contributed by atoms with van der Waals surface area (Å²) in [5, 5.41) is 3.69. The third kappa shape index (κ3) is 3.08. The van der Waals surface area contributed by atoms with Crippen LogP contribution in [-0.4, -0.2) is 15.5 Å². The maximum atomic E-state index is 12.0. The summed E-state index contributed by atoms with van der Waals surface area (Å²) in [6.07, 6.45) is 3.29. The number of thiazole rings is 1. The Morgan fingerprint density at radius 2 is 2.21 bits per heavy atom. The monoisotopic (exact) mass is 277 g/mol. The molecule has 0 saturated heterocycles. The van der Waals surface area contributed by atoms with Crippen LogP contribution in [0.4, 0.5) is 0 Å². The number of aryl methyl sites for hydroxylation is 3. The first-order chi connectivity index (χ1) is 8.97. The Morgan fingerprint density at radius 3 is 2.84 bits per heavy atom. The molecule has 2 heterocycles. The van der Waals surface area contributed by atoms with Crippen molar-refractivity contribution in [3.05, 3.63) is 49.8 Å². The lowest BCUT2D eigenvalue weighted by molar-refractivity contribution is 0.0949. The first kappa shape index (κ1) is 13.5. The second-order valence-electron chi connectivity index (χ2n) is 4.33. The van der Waals surface area contributed by atoms with Gasteiger partial charge in [0.05, 0.1) is 11.6 Å². The molecule has 2 aromatic rings. The van der Waals surface area contributed by atoms with Crippen LogP contribution in [0.15, 0.2) is 23.3 Å². The average molecular weight is 277 g/mol. The standard InChI is InChI=1S/C13H15N3O2S/c1-8-4-12(17)11(7-16(8)3)13(18)15-6-10-5-14-9(2)19-10/h4-5,7H,6H2,1-3H3,(H,15,18). The molecule has 6 heteroatoms. The number of hydrogen-bond acceptors (Lipinski definition) is 4. The molecule has 0 bridgehead atoms. The molecule has 0 aliphatic rings. The van der Waals surface area contributed by atoms with E-state index < -0.39 is 0 Å². The van der Waals surface area contributed by atoms with Crippen LogP contribution in [0.5, 0.6) is 0 Å². The van der Waals surface area contributed by atoms with Gasteiger partial charge >= 0.3 is 0 Å². The molecule has 1 N–H and O–H groups in total. The summed E-state index contributed by atoms with van der Waals surface area (Å²) in [6.45, 7) is 4.12. The van der Waals surface area contributed by atoms with Crippen molar-refractivity contribution in [2.24, 2.45) is 7.05 Å². The van der Waals surface area contributed by atoms with Gasteiger partial charge in [0.1, 0.15) is 5.56 Å². The van der Waals surface area contributed by atoms with Gasteiger partial charge in [0.15, 0.2) is 5.43 Å². The van der Waals surface area contributed by atoms with Crippen LogP contribution < -0.4 is 10.7 Å². The Labute approximate surface area is 114 Å². The molecule has 2 rings (SSSR count). The van der Waals surface area contributed by atoms with Gasteiger partial charge in [-0.1, -0.05) is 0 Å². The van der Waals surface area contributed by atoms with E-state index in [9.17, 15) is 9.59 Å². The fraction of sp³-hybridized carbons (Fsp3) is 0.308. The molecule has 0 atom stereocenters. The SMILES string of the molecule is Cc1ncc(CNC(=O)c2cn(C)c(C)cc2=O)s1. The zero-order valence-corrected chi connectivity index (χ0v) is 11.9. The van der Waals surface area contributed by atoms with E-state index in [1.54, 1.807) is 24.0 Å². The molecule has 0 fully saturated rings. The van der Waals surface area contributed by atoms with E-state index in [0.29, 0.717) is 6.54 Å². The largest absolute Gasteiger partial charge is 0.354 e. The topological polar surface area (TPSA) is 64.0 Å². The molecule has 0 saturated carbocycles. The number of pyridine rings is 1. The predicted octanol–water partition coefficient (Wildman–Crippen LogP) is 1.39. The van der Waals surface area contributed by atoms with Gasteiger partial charge in [0, 0.05) is 36.1 Å². The minimum atomic E-state index is -0.355. The molecule has 19 heavy (non-hydrogen) atoms. The van der Waals surface area contributed by atoms with E-state index >= 15 is 0 Å². The molecular formula is C13H15N3O2S. The van der Waals surface area contributed by atoms with Crippen molar-refractivity contribution < 1.29 is 4.79 Å². The van der Waals surface area contributed by atoms with Crippen molar-refractivity contribution >= 4 is 17.2 Å². The van der Waals surface area contributed by atoms with Crippen LogP contribution in [0.25, 0.3) is 0 Å². The molecule has 0 radical (unpaired) electrons. The first-order valence-corrected chi connectivity index (χ1v) is 6.66. The maximum Gasteiger partial charge on any atom is 0.257 e. The van der Waals surface area contributed by atoms with Crippen LogP contribution >= 0.6 is 11.3 Å². The zero-order chi connectivity index (χ0) is 14.0. The number of aromatic nitrogens is 2. The molecule has 0 aliphatic heterocycles. The number of amides is 1. The van der Waals surface area contributed by atoms with Gasteiger partial charge < -0.3 is 9.88 Å². The fourth-order valence-electron chi connectivity index (χ4n) is 1.65. The van der Waals surface area contributed by atoms with Crippen LogP contribution in [0.1, 0.15) is 25.9 Å². The third-order valence-corrected chi connectivity index (χ3v) is 3.73. The number of carbonyl (C=O) groups is 1. The van der Waals surface area contributed by atoms with Crippen LogP contribution in [0, 0.1) is 13.8 Å². The van der Waals surface area contributed by atoms with Crippen molar-refractivity contribution in [3.63, 3.8) is 0 Å². The van der Waals surface area contributed by atoms with Crippen LogP contribution in [-0.2, 0) is 13.6 Å². The van der Waals surface area contributed by atoms with E-state index in [2.05, 4.69) is 10.3 Å². The molecular weight excluding hydrogens is 262 g/mol. The summed E-state index contributed by atoms with van der Waals surface area (Å²) < 4.78 is 1.76. The summed E-state index contributed by atoms with van der Waals surface area (Å²) >= 11 is 1.53. The minimum absolute atomic E-state index is 0.161. The second kappa shape index (κ2) is 5.36. The zero-order valence-electron chi connectivity index (χ0n) is 11.1. The van der Waals surface area contributed by atoms with Gasteiger partial charge in [-0.05, 0) is 13.8 Å². The summed E-state index contributed by atoms with van der Waals surface area (Å²) in [5.74, 6) is -0.355. The molecule has 2 aromatic heterocycles. The Bertz CT molecular complexity index is 673. The molecule has 5 nitrogen and oxygen atoms in total. The third-order valence-electron chi connectivity index (χ3n) is 2.82. The Balaban J connectivity index is 2.12. The van der Waals surface area contributed by atoms with Crippen molar-refractivity contribution in [2.45, 2.75) is 20.4 Å². The smallest absolute Gasteiger partial charge is 0.257 e. The van der Waals surface area contributed by atoms with E-state index in [0.717, 1.165) is 15.6 Å². The average Bonchev–Trinajstić information content (AvgIpc) is 2.77. The maximum absolute atomic E-state index is 12.0. The summed E-state index contributed by atoms with van der Waals surface area (Å²) in [5.41, 5.74) is 0.725. The quantitative estimate of drug-likeness (QED) is 0.922. The Morgan fingerprint density at radius 1 is 1.47 bits per heavy atom. The number of nitrogens with one attached hydrogen (secondary N) is 1. The van der Waals surface area contributed by atoms with Gasteiger partial charge in [-0.3, -0.25) is 9.59 Å². The normalized spacial score (nSPS) is 10.5. The second-order valence-corrected chi connectivity index (χ2v) is 5.65. The van der Waals surface area contributed by atoms with E-state index in [-0.39, 0.29) is 16.9 Å². The highest BCUT2D eigenvalue weighted by Gasteiger charge is 2.11. The molecule has 1 amide bonds. The fourth-order valence-corrected chi connectivity index (χ4v) is 2.38. The molecule has 100 valence electrons. The lowest BCUT2D eigenvalue weighted by Gasteiger charge is -2.07. The van der Waals surface area contributed by atoms with Crippen LogP contribution in [0.2, 0.25) is 0 Å². The summed E-state index contributed by atoms with van der Waals surface area (Å²) in [6, 6.07) is 1.46. The van der Waals surface area contributed by atoms with E-state index in [1.807, 2.05) is 13.8 Å². The van der Waals surface area contributed by atoms with Gasteiger partial charge in [-0.2, -0.15) is 0 Å². The Kier molecular flexibility index (Phi) is 3.80. The van der Waals surface area contributed by atoms with Crippen molar-refractivity contribution in [1.82, 2.24) is 14.9 Å². The highest BCUT2D eigenvalue weighted by atomic mass is 32.1. The van der Waals surface area contributed by atoms with Gasteiger partial charge in [-0.25, -0.2) is 4.98 Å². The highest BCUT2D eigenvalue weighted by Crippen LogP contribution is 2.10. The number of rotatable bonds is 3. The van der Waals surface area contributed by atoms with Crippen molar-refractivity contribution in [1.29, 1.82) is 0 Å². The van der Waals surface area contributed by atoms with E-state index in [4.69, 9.17) is 0 Å². The highest BCUT2D eigenvalue weighted by molar-refractivity contribution is 7.11. The predicted molar refractivity (Wildman–Crippen MR) is 74.4 cm³/mol. The summed E-state index contributed by atoms with van der Waals surface area (Å²) in [4.78, 5) is 28.8. The lowest BCUT2D eigenvalue weighted by Crippen LogP contribution is -2.29. The Hall–Kier alpha value is -1.95. The van der Waals surface area contributed by atoms with Gasteiger partial charge in [0.2, 0.25) is 0 Å². The van der Waals surface area contributed by atoms with E-state index in [1.165, 1.54) is 17.4 Å². The number of hydrogen-bond donors (Lipinski definition) is 1. The number of carbonyl (C=O) groups excluding carboxylic acids is 1. The molecule has 0 aliphatic carbocycles. The summed E-state index contributed by atoms with van der Waals surface area (Å²) in [7, 11) is 1.80. The lowest BCUT2D eigenvalue weighted by atomic mass is 10.2. The minimum Gasteiger partial charge on any atom is -0.354 e. The molecule has 0 aromatic carbocycles. The van der Waals surface area contributed by atoms with Gasteiger partial charge in [-0.15, -0.1) is 11.3 Å². The van der Waals surface area contributed by atoms with Gasteiger partial charge in [0.25, 0.3) is 5.91 Å². The molecule has 0 spiro atoms. The number of nitrogens with zero attached hydrogens (tertiary/aromatic N) is 2. The molecule has 0 unspecified atom stereocenters. The van der Waals surface area contributed by atoms with Crippen molar-refractivity contribution in [2.75, 3.05) is 0 Å². The first-order valence-electron chi connectivity index (χ1n) is 5.84.